The third kappa shape index (κ3) is 7.44. The lowest BCUT2D eigenvalue weighted by atomic mass is 9.72. The molecule has 0 aliphatic carbocycles. The molecule has 0 saturated heterocycles. The molecule has 0 radical (unpaired) electrons. The van der Waals surface area contributed by atoms with Crippen molar-refractivity contribution in [1.29, 1.82) is 0 Å². The number of nitrogens with one attached hydrogen (secondary N) is 1. The Hall–Kier alpha value is -3.29. The van der Waals surface area contributed by atoms with E-state index < -0.39 is 56.3 Å². The minimum absolute atomic E-state index is 0.0802. The molecule has 0 fully saturated rings. The molecule has 1 amide bonds. The van der Waals surface area contributed by atoms with Crippen molar-refractivity contribution < 1.29 is 56.2 Å². The molecule has 10 nitrogen and oxygen atoms in total. The van der Waals surface area contributed by atoms with Crippen LogP contribution in [0.2, 0.25) is 0 Å². The first-order valence-corrected chi connectivity index (χ1v) is 9.22. The molecule has 0 bridgehead atoms. The molecule has 0 saturated carbocycles. The minimum atomic E-state index is -4.71. The molecule has 1 aliphatic rings. The molecule has 1 heterocycles. The highest BCUT2D eigenvalue weighted by Gasteiger charge is 2.40. The molecular formula is C18H19BF3NO9. The number of rotatable bonds is 8. The predicted octanol–water partition coefficient (Wildman–Crippen LogP) is 0.689. The zero-order valence-corrected chi connectivity index (χ0v) is 16.8. The van der Waals surface area contributed by atoms with E-state index in [4.69, 9.17) is 9.39 Å². The average molecular weight is 461 g/mol. The topological polar surface area (TPSA) is 137 Å². The maximum atomic E-state index is 12.3. The van der Waals surface area contributed by atoms with E-state index in [9.17, 15) is 37.4 Å². The van der Waals surface area contributed by atoms with Gasteiger partial charge in [-0.1, -0.05) is 12.1 Å². The maximum Gasteiger partial charge on any atom is 0.547 e. The Labute approximate surface area is 180 Å². The van der Waals surface area contributed by atoms with Gasteiger partial charge in [-0.2, -0.15) is 13.2 Å². The summed E-state index contributed by atoms with van der Waals surface area (Å²) in [5.41, 5.74) is 0.198. The van der Waals surface area contributed by atoms with Gasteiger partial charge < -0.3 is 29.2 Å². The molecule has 0 unspecified atom stereocenters. The van der Waals surface area contributed by atoms with Gasteiger partial charge in [-0.25, -0.2) is 4.79 Å². The number of para-hydroxylation sites is 1. The van der Waals surface area contributed by atoms with Gasteiger partial charge in [-0.15, -0.1) is 0 Å². The second kappa shape index (κ2) is 10.8. The molecule has 0 spiro atoms. The Morgan fingerprint density at radius 2 is 1.88 bits per heavy atom. The van der Waals surface area contributed by atoms with Crippen LogP contribution in [0.1, 0.15) is 35.2 Å². The van der Waals surface area contributed by atoms with E-state index in [1.807, 2.05) is 5.32 Å². The van der Waals surface area contributed by atoms with E-state index >= 15 is 0 Å². The first-order valence-electron chi connectivity index (χ1n) is 9.22. The highest BCUT2D eigenvalue weighted by molar-refractivity contribution is 6.47. The fraction of sp³-hybridized carbons (Fsp3) is 0.444. The Kier molecular flexibility index (Phi) is 8.46. The van der Waals surface area contributed by atoms with Crippen molar-refractivity contribution in [2.45, 2.75) is 37.8 Å². The molecule has 2 N–H and O–H groups in total. The molecule has 32 heavy (non-hydrogen) atoms. The number of hydrogen-bond donors (Lipinski definition) is 2. The summed E-state index contributed by atoms with van der Waals surface area (Å²) in [6, 6.07) is 4.23. The van der Waals surface area contributed by atoms with E-state index in [0.29, 0.717) is 5.56 Å². The summed E-state index contributed by atoms with van der Waals surface area (Å²) in [5.74, 6) is -4.96. The number of hydrogen-bond acceptors (Lipinski definition) is 9. The molecule has 174 valence electrons. The average Bonchev–Trinajstić information content (AvgIpc) is 2.70. The Morgan fingerprint density at radius 3 is 2.53 bits per heavy atom. The summed E-state index contributed by atoms with van der Waals surface area (Å²) < 4.78 is 56.1. The Bertz CT molecular complexity index is 878. The summed E-state index contributed by atoms with van der Waals surface area (Å²) in [6.45, 7) is -0.749. The molecule has 1 aromatic rings. The van der Waals surface area contributed by atoms with E-state index in [-0.39, 0.29) is 30.6 Å². The van der Waals surface area contributed by atoms with Crippen LogP contribution in [0.4, 0.5) is 13.2 Å². The number of alkyl halides is 3. The Balaban J connectivity index is 1.95. The summed E-state index contributed by atoms with van der Waals surface area (Å²) in [6.07, 6.45) is -7.01. The fourth-order valence-corrected chi connectivity index (χ4v) is 2.75. The third-order valence-corrected chi connectivity index (χ3v) is 4.22. The SMILES string of the molecule is COC(=O)CCC(=O)OCOC(=O)c1cccc2c1OB(O)[C@@H](NC(=O)CC(F)(F)F)C2. The van der Waals surface area contributed by atoms with Crippen LogP contribution in [-0.4, -0.2) is 62.0 Å². The molecule has 14 heteroatoms. The standard InChI is InChI=1S/C18H19BF3NO9/c1-29-14(25)5-6-15(26)30-9-31-17(27)11-4-2-3-10-7-12(19(28)32-16(10)11)23-13(24)8-18(20,21)22/h2-4,12,28H,5-9H2,1H3,(H,23,24)/t12-/m0/s1. The summed E-state index contributed by atoms with van der Waals surface area (Å²) in [7, 11) is -0.557. The van der Waals surface area contributed by atoms with Gasteiger partial charge >= 0.3 is 31.2 Å². The van der Waals surface area contributed by atoms with Crippen LogP contribution < -0.4 is 9.97 Å². The van der Waals surface area contributed by atoms with E-state index in [1.54, 1.807) is 0 Å². The minimum Gasteiger partial charge on any atom is -0.534 e. The molecule has 2 rings (SSSR count). The van der Waals surface area contributed by atoms with Gasteiger partial charge in [-0.05, 0) is 18.1 Å². The van der Waals surface area contributed by atoms with Crippen LogP contribution in [0, 0.1) is 0 Å². The third-order valence-electron chi connectivity index (χ3n) is 4.22. The van der Waals surface area contributed by atoms with Crippen molar-refractivity contribution in [3.63, 3.8) is 0 Å². The van der Waals surface area contributed by atoms with Gasteiger partial charge in [0.1, 0.15) is 17.7 Å². The lowest BCUT2D eigenvalue weighted by Crippen LogP contribution is -2.53. The maximum absolute atomic E-state index is 12.3. The molecular weight excluding hydrogens is 442 g/mol. The number of esters is 3. The van der Waals surface area contributed by atoms with Crippen LogP contribution in [-0.2, 0) is 35.0 Å². The summed E-state index contributed by atoms with van der Waals surface area (Å²) >= 11 is 0. The molecule has 1 atom stereocenters. The van der Waals surface area contributed by atoms with Crippen LogP contribution in [0.15, 0.2) is 18.2 Å². The predicted molar refractivity (Wildman–Crippen MR) is 99.0 cm³/mol. The lowest BCUT2D eigenvalue weighted by molar-refractivity contribution is -0.155. The van der Waals surface area contributed by atoms with Gasteiger partial charge in [-0.3, -0.25) is 14.4 Å². The normalized spacial score (nSPS) is 15.2. The number of methoxy groups -OCH3 is 1. The van der Waals surface area contributed by atoms with Crippen molar-refractivity contribution in [3.8, 4) is 5.75 Å². The molecule has 1 aliphatic heterocycles. The number of carbonyl (C=O) groups is 4. The van der Waals surface area contributed by atoms with Crippen molar-refractivity contribution in [2.75, 3.05) is 13.9 Å². The van der Waals surface area contributed by atoms with Crippen molar-refractivity contribution in [2.24, 2.45) is 0 Å². The largest absolute Gasteiger partial charge is 0.547 e. The lowest BCUT2D eigenvalue weighted by Gasteiger charge is -2.29. The van der Waals surface area contributed by atoms with Crippen molar-refractivity contribution in [3.05, 3.63) is 29.3 Å². The zero-order chi connectivity index (χ0) is 23.9. The number of halogens is 3. The number of benzene rings is 1. The zero-order valence-electron chi connectivity index (χ0n) is 16.8. The summed E-state index contributed by atoms with van der Waals surface area (Å²) in [4.78, 5) is 46.2. The van der Waals surface area contributed by atoms with Gasteiger partial charge in [0.15, 0.2) is 0 Å². The van der Waals surface area contributed by atoms with E-state index in [2.05, 4.69) is 9.47 Å². The highest BCUT2D eigenvalue weighted by Crippen LogP contribution is 2.31. The summed E-state index contributed by atoms with van der Waals surface area (Å²) in [5, 5.41) is 12.1. The second-order valence-electron chi connectivity index (χ2n) is 6.61. The second-order valence-corrected chi connectivity index (χ2v) is 6.61. The van der Waals surface area contributed by atoms with Gasteiger partial charge in [0.2, 0.25) is 12.7 Å². The smallest absolute Gasteiger partial charge is 0.534 e. The number of fused-ring (bicyclic) bond motifs is 1. The highest BCUT2D eigenvalue weighted by atomic mass is 19.4. The monoisotopic (exact) mass is 461 g/mol. The number of carbonyl (C=O) groups excluding carboxylic acids is 4. The number of amides is 1. The fourth-order valence-electron chi connectivity index (χ4n) is 2.75. The van der Waals surface area contributed by atoms with Crippen LogP contribution in [0.3, 0.4) is 0 Å². The molecule has 1 aromatic carbocycles. The Morgan fingerprint density at radius 1 is 1.19 bits per heavy atom. The van der Waals surface area contributed by atoms with Crippen molar-refractivity contribution >= 4 is 30.9 Å². The number of ether oxygens (including phenoxy) is 3. The van der Waals surface area contributed by atoms with Crippen LogP contribution >= 0.6 is 0 Å². The quantitative estimate of drug-likeness (QED) is 0.325. The van der Waals surface area contributed by atoms with Gasteiger partial charge in [0.05, 0.1) is 25.9 Å². The first kappa shape index (κ1) is 25.0. The van der Waals surface area contributed by atoms with Crippen molar-refractivity contribution in [1.82, 2.24) is 5.32 Å². The van der Waals surface area contributed by atoms with E-state index in [1.165, 1.54) is 18.2 Å². The van der Waals surface area contributed by atoms with Crippen LogP contribution in [0.5, 0.6) is 5.75 Å². The first-order chi connectivity index (χ1) is 15.0. The van der Waals surface area contributed by atoms with Gasteiger partial charge in [0, 0.05) is 0 Å². The van der Waals surface area contributed by atoms with Crippen LogP contribution in [0.25, 0.3) is 0 Å². The molecule has 0 aromatic heterocycles. The van der Waals surface area contributed by atoms with E-state index in [0.717, 1.165) is 7.11 Å². The van der Waals surface area contributed by atoms with Gasteiger partial charge in [0.25, 0.3) is 0 Å².